The van der Waals surface area contributed by atoms with Crippen molar-refractivity contribution in [1.29, 1.82) is 0 Å². The molecule has 3 nitrogen and oxygen atoms in total. The zero-order chi connectivity index (χ0) is 20.8. The largest absolute Gasteiger partial charge is 0.495 e. The van der Waals surface area contributed by atoms with Gasteiger partial charge in [0, 0.05) is 11.1 Å². The first-order valence-corrected chi connectivity index (χ1v) is 9.51. The highest BCUT2D eigenvalue weighted by Gasteiger charge is 2.10. The fourth-order valence-electron chi connectivity index (χ4n) is 3.01. The molecular formula is C24H22ClFN2O. The van der Waals surface area contributed by atoms with E-state index in [0.717, 1.165) is 27.6 Å². The minimum atomic E-state index is -0.545. The van der Waals surface area contributed by atoms with Gasteiger partial charge in [-0.1, -0.05) is 60.2 Å². The maximum atomic E-state index is 12.7. The summed E-state index contributed by atoms with van der Waals surface area (Å²) in [5.41, 5.74) is 3.41. The predicted molar refractivity (Wildman–Crippen MR) is 121 cm³/mol. The smallest absolute Gasteiger partial charge is 0.138 e. The summed E-state index contributed by atoms with van der Waals surface area (Å²) in [6.45, 7) is 5.24. The highest BCUT2D eigenvalue weighted by molar-refractivity contribution is 6.32. The molecule has 1 aromatic heterocycles. The van der Waals surface area contributed by atoms with Crippen molar-refractivity contribution in [3.8, 4) is 5.75 Å². The second-order valence-corrected chi connectivity index (χ2v) is 6.88. The molecule has 148 valence electrons. The fraction of sp³-hybridized carbons (Fsp3) is 0.125. The Morgan fingerprint density at radius 3 is 2.76 bits per heavy atom. The number of methoxy groups -OCH3 is 1. The first-order valence-electron chi connectivity index (χ1n) is 9.13. The number of aryl methyl sites for hydroxylation is 1. The maximum absolute atomic E-state index is 12.7. The summed E-state index contributed by atoms with van der Waals surface area (Å²) < 4.78 is 17.9. The molecule has 0 atom stereocenters. The molecule has 0 saturated carbocycles. The molecule has 0 radical (unpaired) electrons. The molecule has 5 heteroatoms. The number of anilines is 2. The molecule has 0 aliphatic rings. The number of rotatable bonds is 7. The van der Waals surface area contributed by atoms with Crippen molar-refractivity contribution in [2.75, 3.05) is 19.1 Å². The average Bonchev–Trinajstić information content (AvgIpc) is 2.71. The van der Waals surface area contributed by atoms with Crippen LogP contribution in [0.3, 0.4) is 0 Å². The zero-order valence-electron chi connectivity index (χ0n) is 16.4. The second kappa shape index (κ2) is 9.39. The molecule has 29 heavy (non-hydrogen) atoms. The Bertz CT molecular complexity index is 1110. The number of nitrogens with zero attached hydrogens (tertiary/aromatic N) is 1. The molecule has 0 unspecified atom stereocenters. The number of hydrogen-bond donors (Lipinski definition) is 1. The summed E-state index contributed by atoms with van der Waals surface area (Å²) in [6.07, 6.45) is 6.63. The van der Waals surface area contributed by atoms with Gasteiger partial charge in [0.25, 0.3) is 0 Å². The Morgan fingerprint density at radius 2 is 2.07 bits per heavy atom. The molecule has 3 aromatic rings. The van der Waals surface area contributed by atoms with Crippen molar-refractivity contribution in [3.05, 3.63) is 89.6 Å². The summed E-state index contributed by atoms with van der Waals surface area (Å²) in [4.78, 5) is 4.81. The molecule has 1 N–H and O–H groups in total. The van der Waals surface area contributed by atoms with E-state index in [0.29, 0.717) is 22.3 Å². The van der Waals surface area contributed by atoms with E-state index in [9.17, 15) is 4.39 Å². The number of halogens is 2. The van der Waals surface area contributed by atoms with Crippen molar-refractivity contribution < 1.29 is 9.13 Å². The quantitative estimate of drug-likeness (QED) is 0.425. The van der Waals surface area contributed by atoms with Crippen LogP contribution in [0.5, 0.6) is 5.75 Å². The van der Waals surface area contributed by atoms with E-state index in [4.69, 9.17) is 21.3 Å². The minimum Gasteiger partial charge on any atom is -0.495 e. The third-order valence-electron chi connectivity index (χ3n) is 4.38. The third-order valence-corrected chi connectivity index (χ3v) is 4.68. The topological polar surface area (TPSA) is 34.1 Å². The second-order valence-electron chi connectivity index (χ2n) is 6.47. The van der Waals surface area contributed by atoms with E-state index in [1.807, 2.05) is 31.2 Å². The van der Waals surface area contributed by atoms with Crippen LogP contribution in [0.4, 0.5) is 15.9 Å². The van der Waals surface area contributed by atoms with E-state index in [-0.39, 0.29) is 0 Å². The van der Waals surface area contributed by atoms with Crippen molar-refractivity contribution in [2.24, 2.45) is 0 Å². The van der Waals surface area contributed by atoms with E-state index < -0.39 is 6.67 Å². The third kappa shape index (κ3) is 4.84. The van der Waals surface area contributed by atoms with Crippen LogP contribution in [-0.4, -0.2) is 18.8 Å². The van der Waals surface area contributed by atoms with Gasteiger partial charge in [-0.3, -0.25) is 0 Å². The Morgan fingerprint density at radius 1 is 1.24 bits per heavy atom. The van der Waals surface area contributed by atoms with Crippen molar-refractivity contribution >= 4 is 39.5 Å². The van der Waals surface area contributed by atoms with Gasteiger partial charge in [0.2, 0.25) is 0 Å². The van der Waals surface area contributed by atoms with Gasteiger partial charge in [-0.15, -0.1) is 0 Å². The molecule has 0 bridgehead atoms. The normalized spacial score (nSPS) is 11.8. The van der Waals surface area contributed by atoms with Crippen LogP contribution >= 0.6 is 11.6 Å². The lowest BCUT2D eigenvalue weighted by Gasteiger charge is -2.14. The van der Waals surface area contributed by atoms with E-state index >= 15 is 0 Å². The van der Waals surface area contributed by atoms with Crippen molar-refractivity contribution in [2.45, 2.75) is 6.92 Å². The van der Waals surface area contributed by atoms with E-state index in [1.165, 1.54) is 6.08 Å². The number of aromatic nitrogens is 1. The van der Waals surface area contributed by atoms with Crippen molar-refractivity contribution in [1.82, 2.24) is 4.98 Å². The Hall–Kier alpha value is -3.11. The van der Waals surface area contributed by atoms with Gasteiger partial charge in [-0.05, 0) is 48.2 Å². The fourth-order valence-corrected chi connectivity index (χ4v) is 3.27. The number of ether oxygens (including phenoxy) is 1. The SMILES string of the molecule is C=C/C=C(\C=C/CF)c1cc2ccc(C)cc2c(Nc2ccc(OC)c(Cl)c2)n1. The lowest BCUT2D eigenvalue weighted by Crippen LogP contribution is -1.99. The number of nitrogens with one attached hydrogen (secondary N) is 1. The molecule has 3 rings (SSSR count). The van der Waals surface area contributed by atoms with Gasteiger partial charge in [0.05, 0.1) is 17.8 Å². The number of pyridine rings is 1. The monoisotopic (exact) mass is 408 g/mol. The van der Waals surface area contributed by atoms with Crippen molar-refractivity contribution in [3.63, 3.8) is 0 Å². The predicted octanol–water partition coefficient (Wildman–Crippen LogP) is 7.04. The molecule has 0 spiro atoms. The van der Waals surface area contributed by atoms with Crippen LogP contribution in [-0.2, 0) is 0 Å². The highest BCUT2D eigenvalue weighted by Crippen LogP contribution is 2.32. The van der Waals surface area contributed by atoms with Crippen LogP contribution in [0.1, 0.15) is 11.3 Å². The van der Waals surface area contributed by atoms with Gasteiger partial charge in [0.15, 0.2) is 0 Å². The van der Waals surface area contributed by atoms with Crippen LogP contribution in [0.2, 0.25) is 5.02 Å². The van der Waals surface area contributed by atoms with Gasteiger partial charge in [-0.2, -0.15) is 0 Å². The summed E-state index contributed by atoms with van der Waals surface area (Å²) in [5.74, 6) is 1.29. The first kappa shape index (κ1) is 20.6. The molecule has 0 fully saturated rings. The lowest BCUT2D eigenvalue weighted by molar-refractivity contribution is 0.415. The Kier molecular flexibility index (Phi) is 6.68. The lowest BCUT2D eigenvalue weighted by atomic mass is 10.0. The number of hydrogen-bond acceptors (Lipinski definition) is 3. The number of fused-ring (bicyclic) bond motifs is 1. The van der Waals surface area contributed by atoms with Gasteiger partial charge >= 0.3 is 0 Å². The molecular weight excluding hydrogens is 387 g/mol. The summed E-state index contributed by atoms with van der Waals surface area (Å²) >= 11 is 6.27. The minimum absolute atomic E-state index is 0.507. The summed E-state index contributed by atoms with van der Waals surface area (Å²) in [7, 11) is 1.58. The average molecular weight is 409 g/mol. The molecule has 0 aliphatic carbocycles. The maximum Gasteiger partial charge on any atom is 0.138 e. The molecule has 0 amide bonds. The first-order chi connectivity index (χ1) is 14.0. The van der Waals surface area contributed by atoms with Gasteiger partial charge in [-0.25, -0.2) is 9.37 Å². The van der Waals surface area contributed by atoms with Crippen LogP contribution in [0.15, 0.2) is 73.3 Å². The van der Waals surface area contributed by atoms with E-state index in [1.54, 1.807) is 31.4 Å². The number of alkyl halides is 1. The highest BCUT2D eigenvalue weighted by atomic mass is 35.5. The zero-order valence-corrected chi connectivity index (χ0v) is 17.1. The van der Waals surface area contributed by atoms with Crippen LogP contribution < -0.4 is 10.1 Å². The van der Waals surface area contributed by atoms with Crippen LogP contribution in [0.25, 0.3) is 16.3 Å². The molecule has 0 saturated heterocycles. The number of allylic oxidation sites excluding steroid dienone is 5. The van der Waals surface area contributed by atoms with Gasteiger partial charge < -0.3 is 10.1 Å². The van der Waals surface area contributed by atoms with Gasteiger partial charge in [0.1, 0.15) is 18.2 Å². The van der Waals surface area contributed by atoms with E-state index in [2.05, 4.69) is 24.0 Å². The molecule has 1 heterocycles. The standard InChI is InChI=1S/C24H22ClFN2O/c1-4-6-17(7-5-12-26)22-14-18-9-8-16(2)13-20(18)24(28-22)27-19-10-11-23(29-3)21(25)15-19/h4-11,13-15H,1,12H2,2-3H3,(H,27,28)/b7-5-,17-6+. The Labute approximate surface area is 175 Å². The number of benzene rings is 2. The Balaban J connectivity index is 2.14. The molecule has 2 aromatic carbocycles. The summed E-state index contributed by atoms with van der Waals surface area (Å²) in [5, 5.41) is 5.86. The summed E-state index contributed by atoms with van der Waals surface area (Å²) in [6, 6.07) is 13.6. The van der Waals surface area contributed by atoms with Crippen LogP contribution in [0, 0.1) is 6.92 Å². The molecule has 0 aliphatic heterocycles.